The van der Waals surface area contributed by atoms with E-state index in [-0.39, 0.29) is 41.6 Å². The Balaban J connectivity index is 0.00000320. The van der Waals surface area contributed by atoms with Crippen LogP contribution in [0.25, 0.3) is 0 Å². The molecule has 160 valence electrons. The Morgan fingerprint density at radius 2 is 1.83 bits per heavy atom. The fourth-order valence-corrected chi connectivity index (χ4v) is 2.80. The first-order valence-corrected chi connectivity index (χ1v) is 9.55. The molecule has 0 fully saturated rings. The van der Waals surface area contributed by atoms with Crippen LogP contribution in [-0.2, 0) is 13.1 Å². The lowest BCUT2D eigenvalue weighted by molar-refractivity contribution is 0.214. The van der Waals surface area contributed by atoms with Crippen LogP contribution >= 0.6 is 24.0 Å². The van der Waals surface area contributed by atoms with Crippen LogP contribution in [-0.4, -0.2) is 35.4 Å². The summed E-state index contributed by atoms with van der Waals surface area (Å²) in [5.74, 6) is 0.523. The number of nitrogens with one attached hydrogen (secondary N) is 2. The van der Waals surface area contributed by atoms with Crippen LogP contribution in [0, 0.1) is 5.82 Å². The average Bonchev–Trinajstić information content (AvgIpc) is 3.18. The summed E-state index contributed by atoms with van der Waals surface area (Å²) in [6.45, 7) is 3.69. The highest BCUT2D eigenvalue weighted by Gasteiger charge is 2.09. The van der Waals surface area contributed by atoms with E-state index in [1.165, 1.54) is 11.6 Å². The smallest absolute Gasteiger partial charge is 0.191 e. The van der Waals surface area contributed by atoms with Crippen LogP contribution in [0.1, 0.15) is 18.1 Å². The number of rotatable bonds is 8. The molecule has 1 heterocycles. The van der Waals surface area contributed by atoms with Gasteiger partial charge in [0.05, 0.1) is 19.3 Å². The van der Waals surface area contributed by atoms with Crippen molar-refractivity contribution in [2.45, 2.75) is 26.1 Å². The standard InChI is InChI=1S/C22H26FN5O.HI/c1-17(29-21-11-7-6-10-20(21)23)12-25-22(24-2)26-13-19-14-27-28(16-19)15-18-8-4-3-5-9-18;/h3-11,14,16-17H,12-13,15H2,1-2H3,(H2,24,25,26);1H. The average molecular weight is 523 g/mol. The maximum absolute atomic E-state index is 13.7. The third-order valence-electron chi connectivity index (χ3n) is 4.28. The van der Waals surface area contributed by atoms with E-state index in [1.807, 2.05) is 42.2 Å². The van der Waals surface area contributed by atoms with Crippen molar-refractivity contribution in [3.63, 3.8) is 0 Å². The maximum Gasteiger partial charge on any atom is 0.191 e. The normalized spacial score (nSPS) is 12.0. The number of nitrogens with zero attached hydrogens (tertiary/aromatic N) is 3. The molecule has 1 atom stereocenters. The summed E-state index contributed by atoms with van der Waals surface area (Å²) in [6.07, 6.45) is 3.63. The molecule has 0 aliphatic rings. The van der Waals surface area contributed by atoms with Crippen LogP contribution in [0.2, 0.25) is 0 Å². The molecule has 30 heavy (non-hydrogen) atoms. The quantitative estimate of drug-likeness (QED) is 0.268. The monoisotopic (exact) mass is 523 g/mol. The first-order chi connectivity index (χ1) is 14.1. The topological polar surface area (TPSA) is 63.5 Å². The Morgan fingerprint density at radius 1 is 1.10 bits per heavy atom. The van der Waals surface area contributed by atoms with Gasteiger partial charge in [-0.15, -0.1) is 24.0 Å². The number of aromatic nitrogens is 2. The van der Waals surface area contributed by atoms with E-state index in [0.29, 0.717) is 19.0 Å². The second kappa shape index (κ2) is 12.2. The number of hydrogen-bond donors (Lipinski definition) is 2. The molecule has 0 bridgehead atoms. The Kier molecular flexibility index (Phi) is 9.59. The Hall–Kier alpha value is -2.62. The highest BCUT2D eigenvalue weighted by molar-refractivity contribution is 14.0. The molecule has 2 N–H and O–H groups in total. The van der Waals surface area contributed by atoms with Gasteiger partial charge in [0, 0.05) is 25.4 Å². The zero-order valence-electron chi connectivity index (χ0n) is 17.1. The van der Waals surface area contributed by atoms with Crippen molar-refractivity contribution in [3.05, 3.63) is 83.9 Å². The molecule has 0 aliphatic heterocycles. The lowest BCUT2D eigenvalue weighted by atomic mass is 10.2. The fraction of sp³-hybridized carbons (Fsp3) is 0.273. The van der Waals surface area contributed by atoms with Crippen molar-refractivity contribution in [2.24, 2.45) is 4.99 Å². The zero-order chi connectivity index (χ0) is 20.5. The Bertz CT molecular complexity index is 932. The van der Waals surface area contributed by atoms with Crippen LogP contribution in [0.4, 0.5) is 4.39 Å². The molecule has 0 aliphatic carbocycles. The number of guanidine groups is 1. The van der Waals surface area contributed by atoms with E-state index in [9.17, 15) is 4.39 Å². The molecule has 3 aromatic rings. The molecule has 0 radical (unpaired) electrons. The fourth-order valence-electron chi connectivity index (χ4n) is 2.80. The molecular weight excluding hydrogens is 496 g/mol. The van der Waals surface area contributed by atoms with Crippen LogP contribution < -0.4 is 15.4 Å². The number of halogens is 2. The van der Waals surface area contributed by atoms with E-state index in [0.717, 1.165) is 12.1 Å². The molecule has 0 saturated carbocycles. The summed E-state index contributed by atoms with van der Waals surface area (Å²) >= 11 is 0. The molecule has 2 aromatic carbocycles. The van der Waals surface area contributed by atoms with Gasteiger partial charge in [-0.05, 0) is 24.6 Å². The summed E-state index contributed by atoms with van der Waals surface area (Å²) in [5.41, 5.74) is 2.26. The zero-order valence-corrected chi connectivity index (χ0v) is 19.4. The maximum atomic E-state index is 13.7. The van der Waals surface area contributed by atoms with E-state index in [2.05, 4.69) is 32.9 Å². The molecule has 1 aromatic heterocycles. The molecular formula is C22H27FIN5O. The van der Waals surface area contributed by atoms with Gasteiger partial charge < -0.3 is 15.4 Å². The minimum Gasteiger partial charge on any atom is -0.486 e. The molecule has 6 nitrogen and oxygen atoms in total. The molecule has 3 rings (SSSR count). The van der Waals surface area contributed by atoms with Crippen molar-refractivity contribution in [2.75, 3.05) is 13.6 Å². The minimum atomic E-state index is -0.366. The molecule has 0 amide bonds. The van der Waals surface area contributed by atoms with Gasteiger partial charge in [-0.3, -0.25) is 9.67 Å². The summed E-state index contributed by atoms with van der Waals surface area (Å²) < 4.78 is 21.2. The van der Waals surface area contributed by atoms with E-state index < -0.39 is 0 Å². The second-order valence-electron chi connectivity index (χ2n) is 6.70. The van der Waals surface area contributed by atoms with Crippen molar-refractivity contribution in [1.82, 2.24) is 20.4 Å². The highest BCUT2D eigenvalue weighted by Crippen LogP contribution is 2.16. The summed E-state index contributed by atoms with van der Waals surface area (Å²) in [5, 5.41) is 10.8. The predicted molar refractivity (Wildman–Crippen MR) is 128 cm³/mol. The molecule has 1 unspecified atom stereocenters. The van der Waals surface area contributed by atoms with Crippen molar-refractivity contribution < 1.29 is 9.13 Å². The van der Waals surface area contributed by atoms with Gasteiger partial charge in [-0.2, -0.15) is 5.10 Å². The summed E-state index contributed by atoms with van der Waals surface area (Å²) in [7, 11) is 1.70. The van der Waals surface area contributed by atoms with Crippen molar-refractivity contribution >= 4 is 29.9 Å². The predicted octanol–water partition coefficient (Wildman–Crippen LogP) is 3.82. The van der Waals surface area contributed by atoms with Crippen LogP contribution in [0.3, 0.4) is 0 Å². The van der Waals surface area contributed by atoms with Gasteiger partial charge in [0.1, 0.15) is 6.10 Å². The van der Waals surface area contributed by atoms with E-state index in [1.54, 1.807) is 25.2 Å². The SMILES string of the molecule is CN=C(NCc1cnn(Cc2ccccc2)c1)NCC(C)Oc1ccccc1F.I. The van der Waals surface area contributed by atoms with Crippen molar-refractivity contribution in [3.8, 4) is 5.75 Å². The molecule has 0 saturated heterocycles. The summed E-state index contributed by atoms with van der Waals surface area (Å²) in [6, 6.07) is 16.6. The van der Waals surface area contributed by atoms with E-state index >= 15 is 0 Å². The highest BCUT2D eigenvalue weighted by atomic mass is 127. The van der Waals surface area contributed by atoms with Crippen LogP contribution in [0.15, 0.2) is 72.0 Å². The van der Waals surface area contributed by atoms with Gasteiger partial charge in [-0.25, -0.2) is 4.39 Å². The summed E-state index contributed by atoms with van der Waals surface area (Å²) in [4.78, 5) is 4.21. The Morgan fingerprint density at radius 3 is 2.57 bits per heavy atom. The van der Waals surface area contributed by atoms with Crippen LogP contribution in [0.5, 0.6) is 5.75 Å². The van der Waals surface area contributed by atoms with Gasteiger partial charge in [0.2, 0.25) is 0 Å². The first kappa shape index (κ1) is 23.7. The number of aliphatic imine (C=N–C) groups is 1. The van der Waals surface area contributed by atoms with Gasteiger partial charge in [-0.1, -0.05) is 42.5 Å². The minimum absolute atomic E-state index is 0. The third kappa shape index (κ3) is 7.33. The number of ether oxygens (including phenoxy) is 1. The number of hydrogen-bond acceptors (Lipinski definition) is 3. The van der Waals surface area contributed by atoms with Gasteiger partial charge >= 0.3 is 0 Å². The second-order valence-corrected chi connectivity index (χ2v) is 6.70. The number of benzene rings is 2. The Labute approximate surface area is 193 Å². The van der Waals surface area contributed by atoms with Gasteiger partial charge in [0.15, 0.2) is 17.5 Å². The number of para-hydroxylation sites is 1. The lowest BCUT2D eigenvalue weighted by Crippen LogP contribution is -2.41. The third-order valence-corrected chi connectivity index (χ3v) is 4.28. The van der Waals surface area contributed by atoms with Crippen molar-refractivity contribution in [1.29, 1.82) is 0 Å². The largest absolute Gasteiger partial charge is 0.486 e. The lowest BCUT2D eigenvalue weighted by Gasteiger charge is -2.17. The molecule has 0 spiro atoms. The first-order valence-electron chi connectivity index (χ1n) is 9.55. The van der Waals surface area contributed by atoms with E-state index in [4.69, 9.17) is 4.74 Å². The van der Waals surface area contributed by atoms with Gasteiger partial charge in [0.25, 0.3) is 0 Å². The molecule has 8 heteroatoms.